The van der Waals surface area contributed by atoms with Gasteiger partial charge in [0.25, 0.3) is 5.56 Å². The summed E-state index contributed by atoms with van der Waals surface area (Å²) in [6, 6.07) is 14.8. The Morgan fingerprint density at radius 2 is 1.74 bits per heavy atom. The number of hydrogen-bond acceptors (Lipinski definition) is 8. The molecule has 4 aromatic rings. The summed E-state index contributed by atoms with van der Waals surface area (Å²) in [5.41, 5.74) is -1.96. The Hall–Kier alpha value is -4.71. The summed E-state index contributed by atoms with van der Waals surface area (Å²) in [7, 11) is 2.60. The van der Waals surface area contributed by atoms with Crippen LogP contribution in [0.25, 0.3) is 16.8 Å². The number of esters is 2. The molecule has 0 amide bonds. The fourth-order valence-corrected chi connectivity index (χ4v) is 5.83. The molecule has 0 bridgehead atoms. The van der Waals surface area contributed by atoms with Crippen molar-refractivity contribution < 1.29 is 37.0 Å². The second-order valence-corrected chi connectivity index (χ2v) is 10.1. The van der Waals surface area contributed by atoms with E-state index in [0.717, 1.165) is 15.9 Å². The number of thiazole rings is 1. The van der Waals surface area contributed by atoms with E-state index < -0.39 is 41.0 Å². The van der Waals surface area contributed by atoms with Crippen molar-refractivity contribution >= 4 is 40.1 Å². The van der Waals surface area contributed by atoms with E-state index in [4.69, 9.17) is 14.2 Å². The molecule has 0 unspecified atom stereocenters. The number of rotatable bonds is 6. The van der Waals surface area contributed by atoms with E-state index in [1.807, 2.05) is 0 Å². The first kappa shape index (κ1) is 28.8. The van der Waals surface area contributed by atoms with Gasteiger partial charge >= 0.3 is 18.1 Å². The van der Waals surface area contributed by atoms with Gasteiger partial charge in [-0.15, -0.1) is 0 Å². The molecule has 5 rings (SSSR count). The lowest BCUT2D eigenvalue weighted by Crippen LogP contribution is -2.41. The summed E-state index contributed by atoms with van der Waals surface area (Å²) in [6.07, 6.45) is -3.57. The molecule has 1 atom stereocenters. The Morgan fingerprint density at radius 1 is 1.02 bits per heavy atom. The summed E-state index contributed by atoms with van der Waals surface area (Å²) in [5, 5.41) is 1.15. The maximum absolute atomic E-state index is 14.5. The van der Waals surface area contributed by atoms with Gasteiger partial charge in [-0.2, -0.15) is 13.2 Å². The summed E-state index contributed by atoms with van der Waals surface area (Å²) in [6.45, 7) is 1.28. The third-order valence-electron chi connectivity index (χ3n) is 6.65. The zero-order valence-electron chi connectivity index (χ0n) is 22.5. The van der Waals surface area contributed by atoms with Crippen LogP contribution in [0.4, 0.5) is 13.2 Å². The predicted molar refractivity (Wildman–Crippen MR) is 149 cm³/mol. The molecular formula is C30H23F3N2O6S. The lowest BCUT2D eigenvalue weighted by molar-refractivity contribution is -0.140. The highest BCUT2D eigenvalue weighted by Gasteiger charge is 2.46. The van der Waals surface area contributed by atoms with Crippen LogP contribution in [-0.4, -0.2) is 43.5 Å². The molecule has 1 aromatic heterocycles. The van der Waals surface area contributed by atoms with E-state index in [-0.39, 0.29) is 32.8 Å². The van der Waals surface area contributed by atoms with E-state index in [1.54, 1.807) is 48.5 Å². The van der Waals surface area contributed by atoms with Gasteiger partial charge in [0.05, 0.1) is 36.5 Å². The Kier molecular flexibility index (Phi) is 7.74. The second kappa shape index (κ2) is 11.3. The number of allylic oxidation sites excluding steroid dienone is 1. The van der Waals surface area contributed by atoms with Crippen LogP contribution in [-0.2, 0) is 14.3 Å². The number of alkyl halides is 3. The van der Waals surface area contributed by atoms with Crippen LogP contribution in [0.15, 0.2) is 81.7 Å². The van der Waals surface area contributed by atoms with Crippen LogP contribution in [0, 0.1) is 0 Å². The summed E-state index contributed by atoms with van der Waals surface area (Å²) < 4.78 is 60.1. The first-order valence-corrected chi connectivity index (χ1v) is 13.4. The molecule has 0 saturated heterocycles. The number of benzene rings is 3. The SMILES string of the molecule is CCOC(=O)C1=C(C(F)(F)F)N=c2s/c(=C\c3ccc(C(=O)OC)cc3)c(=O)n2[C@@H]1c1c(OC)ccc2ccccc12. The van der Waals surface area contributed by atoms with E-state index in [0.29, 0.717) is 16.3 Å². The van der Waals surface area contributed by atoms with Crippen molar-refractivity contribution in [2.45, 2.75) is 19.1 Å². The number of methoxy groups -OCH3 is 2. The Balaban J connectivity index is 1.85. The second-order valence-electron chi connectivity index (χ2n) is 9.08. The number of hydrogen-bond donors (Lipinski definition) is 0. The first-order valence-electron chi connectivity index (χ1n) is 12.6. The third kappa shape index (κ3) is 5.09. The first-order chi connectivity index (χ1) is 20.1. The molecule has 0 saturated carbocycles. The van der Waals surface area contributed by atoms with Crippen LogP contribution in [0.1, 0.15) is 34.5 Å². The molecule has 0 spiro atoms. The fraction of sp³-hybridized carbons (Fsp3) is 0.200. The number of aromatic nitrogens is 1. The van der Waals surface area contributed by atoms with Gasteiger partial charge in [0, 0.05) is 5.56 Å². The number of carbonyl (C=O) groups is 2. The van der Waals surface area contributed by atoms with Crippen LogP contribution < -0.4 is 19.6 Å². The number of fused-ring (bicyclic) bond motifs is 2. The molecule has 1 aliphatic heterocycles. The van der Waals surface area contributed by atoms with Crippen molar-refractivity contribution in [3.8, 4) is 5.75 Å². The van der Waals surface area contributed by atoms with Crippen molar-refractivity contribution in [3.63, 3.8) is 0 Å². The fourth-order valence-electron chi connectivity index (χ4n) is 4.83. The molecule has 2 heterocycles. The molecule has 42 heavy (non-hydrogen) atoms. The highest BCUT2D eigenvalue weighted by atomic mass is 32.1. The molecule has 3 aromatic carbocycles. The largest absolute Gasteiger partial charge is 0.496 e. The van der Waals surface area contributed by atoms with Gasteiger partial charge in [-0.3, -0.25) is 9.36 Å². The molecule has 12 heteroatoms. The molecule has 0 radical (unpaired) electrons. The van der Waals surface area contributed by atoms with Gasteiger partial charge in [-0.25, -0.2) is 14.6 Å². The summed E-state index contributed by atoms with van der Waals surface area (Å²) in [4.78, 5) is 42.6. The molecule has 0 N–H and O–H groups in total. The van der Waals surface area contributed by atoms with E-state index in [1.165, 1.54) is 39.4 Å². The quantitative estimate of drug-likeness (QED) is 0.308. The standard InChI is InChI=1S/C30H23F3N2O6S/c1-4-41-28(38)23-24(22-19-8-6-5-7-17(19)13-14-20(22)39-2)35-26(36)21(42-29(35)34-25(23)30(31,32)33)15-16-9-11-18(12-10-16)27(37)40-3/h5-15,24H,4H2,1-3H3/b21-15-/t24-/m1/s1. The van der Waals surface area contributed by atoms with Crippen molar-refractivity contribution in [2.24, 2.45) is 4.99 Å². The zero-order valence-corrected chi connectivity index (χ0v) is 23.3. The average molecular weight is 597 g/mol. The minimum atomic E-state index is -5.04. The van der Waals surface area contributed by atoms with Crippen molar-refractivity contribution in [1.29, 1.82) is 0 Å². The molecule has 0 aliphatic carbocycles. The van der Waals surface area contributed by atoms with Crippen LogP contribution in [0.3, 0.4) is 0 Å². The smallest absolute Gasteiger partial charge is 0.434 e. The minimum Gasteiger partial charge on any atom is -0.496 e. The van der Waals surface area contributed by atoms with Gasteiger partial charge in [-0.05, 0) is 47.5 Å². The number of carbonyl (C=O) groups excluding carboxylic acids is 2. The summed E-state index contributed by atoms with van der Waals surface area (Å²) >= 11 is 0.746. The van der Waals surface area contributed by atoms with Crippen molar-refractivity contribution in [3.05, 3.63) is 108 Å². The van der Waals surface area contributed by atoms with Gasteiger partial charge in [-0.1, -0.05) is 53.8 Å². The zero-order chi connectivity index (χ0) is 30.2. The highest BCUT2D eigenvalue weighted by Crippen LogP contribution is 2.43. The summed E-state index contributed by atoms with van der Waals surface area (Å²) in [5.74, 6) is -1.62. The number of halogens is 3. The lowest BCUT2D eigenvalue weighted by Gasteiger charge is -2.28. The van der Waals surface area contributed by atoms with Crippen molar-refractivity contribution in [2.75, 3.05) is 20.8 Å². The molecule has 1 aliphatic rings. The number of nitrogens with zero attached hydrogens (tertiary/aromatic N) is 2. The highest BCUT2D eigenvalue weighted by molar-refractivity contribution is 7.07. The molecule has 216 valence electrons. The van der Waals surface area contributed by atoms with Crippen LogP contribution in [0.5, 0.6) is 5.75 Å². The van der Waals surface area contributed by atoms with E-state index in [2.05, 4.69) is 4.99 Å². The molecule has 8 nitrogen and oxygen atoms in total. The maximum Gasteiger partial charge on any atom is 0.434 e. The Morgan fingerprint density at radius 3 is 2.38 bits per heavy atom. The minimum absolute atomic E-state index is 0.0652. The number of ether oxygens (including phenoxy) is 3. The third-order valence-corrected chi connectivity index (χ3v) is 7.63. The molecule has 0 fully saturated rings. The van der Waals surface area contributed by atoms with Gasteiger partial charge in [0.15, 0.2) is 10.5 Å². The average Bonchev–Trinajstić information content (AvgIpc) is 3.29. The normalized spacial score (nSPS) is 15.3. The Bertz CT molecular complexity index is 1920. The van der Waals surface area contributed by atoms with Gasteiger partial charge in [0.2, 0.25) is 0 Å². The predicted octanol–water partition coefficient (Wildman–Crippen LogP) is 4.29. The monoisotopic (exact) mass is 596 g/mol. The molecular weight excluding hydrogens is 573 g/mol. The van der Waals surface area contributed by atoms with Crippen LogP contribution in [0.2, 0.25) is 0 Å². The van der Waals surface area contributed by atoms with Gasteiger partial charge in [0.1, 0.15) is 11.8 Å². The van der Waals surface area contributed by atoms with Crippen LogP contribution >= 0.6 is 11.3 Å². The Labute approximate surface area is 240 Å². The van der Waals surface area contributed by atoms with E-state index in [9.17, 15) is 27.6 Å². The van der Waals surface area contributed by atoms with Crippen molar-refractivity contribution in [1.82, 2.24) is 4.57 Å². The van der Waals surface area contributed by atoms with E-state index >= 15 is 0 Å². The lowest BCUT2D eigenvalue weighted by atomic mass is 9.90. The van der Waals surface area contributed by atoms with Gasteiger partial charge < -0.3 is 14.2 Å². The topological polar surface area (TPSA) is 96.2 Å². The maximum atomic E-state index is 14.5.